The van der Waals surface area contributed by atoms with E-state index in [1.807, 2.05) is 6.07 Å². The van der Waals surface area contributed by atoms with E-state index in [4.69, 9.17) is 34.3 Å². The maximum absolute atomic E-state index is 5.88. The van der Waals surface area contributed by atoms with Crippen LogP contribution in [0.5, 0.6) is 11.6 Å². The van der Waals surface area contributed by atoms with Crippen LogP contribution >= 0.6 is 23.8 Å². The smallest absolute Gasteiger partial charge is 0.229 e. The zero-order valence-corrected chi connectivity index (χ0v) is 13.0. The third kappa shape index (κ3) is 3.17. The Morgan fingerprint density at radius 1 is 1.19 bits per heavy atom. The first-order valence-electron chi connectivity index (χ1n) is 6.89. The average molecular weight is 319 g/mol. The number of ether oxygens (including phenoxy) is 1. The van der Waals surface area contributed by atoms with Gasteiger partial charge in [-0.3, -0.25) is 0 Å². The van der Waals surface area contributed by atoms with E-state index in [0.717, 1.165) is 25.0 Å². The minimum Gasteiger partial charge on any atom is -0.438 e. The van der Waals surface area contributed by atoms with E-state index in [9.17, 15) is 0 Å². The van der Waals surface area contributed by atoms with E-state index >= 15 is 0 Å². The predicted octanol–water partition coefficient (Wildman–Crippen LogP) is 4.04. The first-order valence-corrected chi connectivity index (χ1v) is 7.68. The fraction of sp³-hybridized carbons (Fsp3) is 0.250. The zero-order chi connectivity index (χ0) is 14.8. The van der Waals surface area contributed by atoms with Crippen LogP contribution < -0.4 is 10.5 Å². The van der Waals surface area contributed by atoms with Crippen LogP contribution in [0.15, 0.2) is 30.3 Å². The molecule has 3 rings (SSSR count). The van der Waals surface area contributed by atoms with Crippen LogP contribution in [-0.2, 0) is 12.8 Å². The van der Waals surface area contributed by atoms with Gasteiger partial charge in [0.1, 0.15) is 10.7 Å². The summed E-state index contributed by atoms with van der Waals surface area (Å²) >= 11 is 11.0. The van der Waals surface area contributed by atoms with Crippen LogP contribution in [0.1, 0.15) is 29.7 Å². The van der Waals surface area contributed by atoms with Gasteiger partial charge in [-0.25, -0.2) is 4.98 Å². The summed E-state index contributed by atoms with van der Waals surface area (Å²) in [5.74, 6) is 1.14. The Bertz CT molecular complexity index is 685. The van der Waals surface area contributed by atoms with E-state index < -0.39 is 0 Å². The lowest BCUT2D eigenvalue weighted by atomic mass is 9.95. The van der Waals surface area contributed by atoms with Gasteiger partial charge in [0, 0.05) is 10.7 Å². The van der Waals surface area contributed by atoms with Gasteiger partial charge < -0.3 is 10.5 Å². The molecule has 0 saturated carbocycles. The van der Waals surface area contributed by atoms with Crippen molar-refractivity contribution < 1.29 is 4.74 Å². The van der Waals surface area contributed by atoms with Crippen molar-refractivity contribution in [1.29, 1.82) is 0 Å². The molecule has 2 aromatic rings. The average Bonchev–Trinajstić information content (AvgIpc) is 2.48. The summed E-state index contributed by atoms with van der Waals surface area (Å²) in [6.45, 7) is 0. The Morgan fingerprint density at radius 2 is 1.90 bits per heavy atom. The molecule has 5 heteroatoms. The molecule has 3 nitrogen and oxygen atoms in total. The highest BCUT2D eigenvalue weighted by atomic mass is 35.5. The molecule has 0 saturated heterocycles. The Morgan fingerprint density at radius 3 is 2.62 bits per heavy atom. The summed E-state index contributed by atoms with van der Waals surface area (Å²) < 4.78 is 5.85. The van der Waals surface area contributed by atoms with Crippen molar-refractivity contribution in [1.82, 2.24) is 4.98 Å². The maximum Gasteiger partial charge on any atom is 0.229 e. The minimum atomic E-state index is 0.305. The van der Waals surface area contributed by atoms with Crippen LogP contribution in [0.25, 0.3) is 0 Å². The summed E-state index contributed by atoms with van der Waals surface area (Å²) in [5.41, 5.74) is 8.83. The van der Waals surface area contributed by atoms with Crippen LogP contribution in [0.2, 0.25) is 5.02 Å². The van der Waals surface area contributed by atoms with Crippen molar-refractivity contribution in [2.24, 2.45) is 5.73 Å². The molecule has 0 radical (unpaired) electrons. The molecule has 21 heavy (non-hydrogen) atoms. The van der Waals surface area contributed by atoms with Crippen molar-refractivity contribution in [3.05, 3.63) is 52.2 Å². The van der Waals surface area contributed by atoms with E-state index in [2.05, 4.69) is 4.98 Å². The zero-order valence-electron chi connectivity index (χ0n) is 11.4. The number of pyridine rings is 1. The van der Waals surface area contributed by atoms with Crippen molar-refractivity contribution in [2.75, 3.05) is 0 Å². The number of hydrogen-bond acceptors (Lipinski definition) is 3. The second kappa shape index (κ2) is 6.00. The second-order valence-corrected chi connectivity index (χ2v) is 5.95. The number of thiocarbonyl (C=S) groups is 1. The maximum atomic E-state index is 5.88. The highest BCUT2D eigenvalue weighted by Gasteiger charge is 2.17. The van der Waals surface area contributed by atoms with E-state index in [1.165, 1.54) is 12.0 Å². The van der Waals surface area contributed by atoms with Gasteiger partial charge in [-0.15, -0.1) is 0 Å². The van der Waals surface area contributed by atoms with Crippen molar-refractivity contribution in [3.63, 3.8) is 0 Å². The van der Waals surface area contributed by atoms with Crippen molar-refractivity contribution in [3.8, 4) is 11.6 Å². The number of benzene rings is 1. The van der Waals surface area contributed by atoms with Gasteiger partial charge in [0.05, 0.1) is 5.56 Å². The lowest BCUT2D eigenvalue weighted by Gasteiger charge is -2.18. The highest BCUT2D eigenvalue weighted by Crippen LogP contribution is 2.29. The third-order valence-corrected chi connectivity index (χ3v) is 4.03. The Balaban J connectivity index is 1.99. The van der Waals surface area contributed by atoms with E-state index in [0.29, 0.717) is 27.2 Å². The molecule has 1 aliphatic rings. The summed E-state index contributed by atoms with van der Waals surface area (Å²) in [6, 6.07) is 9.17. The normalized spacial score (nSPS) is 13.6. The topological polar surface area (TPSA) is 48.1 Å². The number of rotatable bonds is 3. The molecule has 1 aliphatic carbocycles. The van der Waals surface area contributed by atoms with E-state index in [-0.39, 0.29) is 0 Å². The number of nitrogens with two attached hydrogens (primary N) is 1. The lowest BCUT2D eigenvalue weighted by Crippen LogP contribution is -2.15. The fourth-order valence-corrected chi connectivity index (χ4v) is 2.76. The molecule has 1 heterocycles. The fourth-order valence-electron chi connectivity index (χ4n) is 2.48. The Labute approximate surface area is 134 Å². The molecule has 108 valence electrons. The monoisotopic (exact) mass is 318 g/mol. The number of aromatic nitrogens is 1. The molecule has 0 unspecified atom stereocenters. The van der Waals surface area contributed by atoms with Gasteiger partial charge in [-0.05, 0) is 61.6 Å². The number of nitrogens with zero attached hydrogens (tertiary/aromatic N) is 1. The highest BCUT2D eigenvalue weighted by molar-refractivity contribution is 7.80. The number of fused-ring (bicyclic) bond motifs is 1. The van der Waals surface area contributed by atoms with Crippen LogP contribution in [0, 0.1) is 0 Å². The molecular formula is C16H15ClN2OS. The SMILES string of the molecule is NC(=S)c1cc2c(nc1Oc1ccc(Cl)cc1)CCCC2. The Kier molecular flexibility index (Phi) is 4.08. The second-order valence-electron chi connectivity index (χ2n) is 5.07. The summed E-state index contributed by atoms with van der Waals surface area (Å²) in [7, 11) is 0. The standard InChI is InChI=1S/C16H15ClN2OS/c17-11-5-7-12(8-6-11)20-16-13(15(18)21)9-10-3-1-2-4-14(10)19-16/h5-9H,1-4H2,(H2,18,21). The molecule has 2 N–H and O–H groups in total. The molecule has 0 spiro atoms. The number of halogens is 1. The lowest BCUT2D eigenvalue weighted by molar-refractivity contribution is 0.457. The van der Waals surface area contributed by atoms with Gasteiger partial charge in [0.2, 0.25) is 5.88 Å². The molecular weight excluding hydrogens is 304 g/mol. The van der Waals surface area contributed by atoms with Crippen LogP contribution in [0.3, 0.4) is 0 Å². The minimum absolute atomic E-state index is 0.305. The quantitative estimate of drug-likeness (QED) is 0.868. The predicted molar refractivity (Wildman–Crippen MR) is 88.3 cm³/mol. The summed E-state index contributed by atoms with van der Waals surface area (Å²) in [6.07, 6.45) is 4.35. The third-order valence-electron chi connectivity index (χ3n) is 3.56. The molecule has 0 atom stereocenters. The number of hydrogen-bond donors (Lipinski definition) is 1. The number of aryl methyl sites for hydroxylation is 2. The summed E-state index contributed by atoms with van der Waals surface area (Å²) in [4.78, 5) is 4.93. The molecule has 0 bridgehead atoms. The Hall–Kier alpha value is -1.65. The molecule has 1 aromatic carbocycles. The van der Waals surface area contributed by atoms with Gasteiger partial charge in [-0.1, -0.05) is 23.8 Å². The first kappa shape index (κ1) is 14.3. The van der Waals surface area contributed by atoms with E-state index in [1.54, 1.807) is 24.3 Å². The van der Waals surface area contributed by atoms with Crippen LogP contribution in [0.4, 0.5) is 0 Å². The van der Waals surface area contributed by atoms with Gasteiger partial charge in [0.15, 0.2) is 0 Å². The van der Waals surface area contributed by atoms with Crippen molar-refractivity contribution >= 4 is 28.8 Å². The molecule has 0 amide bonds. The van der Waals surface area contributed by atoms with Gasteiger partial charge in [0.25, 0.3) is 0 Å². The summed E-state index contributed by atoms with van der Waals surface area (Å²) in [5, 5.41) is 0.662. The molecule has 1 aromatic heterocycles. The molecule has 0 aliphatic heterocycles. The van der Waals surface area contributed by atoms with Crippen molar-refractivity contribution in [2.45, 2.75) is 25.7 Å². The van der Waals surface area contributed by atoms with Crippen LogP contribution in [-0.4, -0.2) is 9.97 Å². The first-order chi connectivity index (χ1) is 10.1. The largest absolute Gasteiger partial charge is 0.438 e. The van der Waals surface area contributed by atoms with Gasteiger partial charge >= 0.3 is 0 Å². The molecule has 0 fully saturated rings. The van der Waals surface area contributed by atoms with Gasteiger partial charge in [-0.2, -0.15) is 0 Å².